The Kier molecular flexibility index (Phi) is 9.40. The van der Waals surface area contributed by atoms with E-state index in [1.165, 1.54) is 16.4 Å². The second kappa shape index (κ2) is 12.6. The smallest absolute Gasteiger partial charge is 0.243 e. The van der Waals surface area contributed by atoms with Crippen molar-refractivity contribution < 1.29 is 22.4 Å². The normalized spacial score (nSPS) is 20.1. The molecule has 0 aromatic heterocycles. The van der Waals surface area contributed by atoms with Crippen molar-refractivity contribution in [3.8, 4) is 0 Å². The Morgan fingerprint density at radius 1 is 0.949 bits per heavy atom. The van der Waals surface area contributed by atoms with Crippen molar-refractivity contribution in [2.75, 3.05) is 44.2 Å². The average molecular weight is 559 g/mol. The average Bonchev–Trinajstić information content (AvgIpc) is 3.38. The van der Waals surface area contributed by atoms with Gasteiger partial charge in [0.25, 0.3) is 0 Å². The van der Waals surface area contributed by atoms with Gasteiger partial charge in [0, 0.05) is 51.9 Å². The second-order valence-corrected chi connectivity index (χ2v) is 12.7. The van der Waals surface area contributed by atoms with E-state index in [0.717, 1.165) is 42.9 Å². The number of carbonyl (C=O) groups is 2. The van der Waals surface area contributed by atoms with Gasteiger partial charge in [0.15, 0.2) is 0 Å². The van der Waals surface area contributed by atoms with Gasteiger partial charge in [0.05, 0.1) is 4.90 Å². The quantitative estimate of drug-likeness (QED) is 0.559. The predicted molar refractivity (Wildman–Crippen MR) is 149 cm³/mol. The van der Waals surface area contributed by atoms with Crippen molar-refractivity contribution in [2.24, 2.45) is 5.92 Å². The SMILES string of the molecule is CC(=O)N1CCCN(CC(C)C)CCN(C(=O)C2CCCN2S(=O)(=O)c2ccc(F)cc2)Cc2ccccc21. The Labute approximate surface area is 231 Å². The number of fused-ring (bicyclic) bond motifs is 1. The number of benzene rings is 2. The third kappa shape index (κ3) is 6.85. The summed E-state index contributed by atoms with van der Waals surface area (Å²) in [6, 6.07) is 11.5. The number of amides is 2. The summed E-state index contributed by atoms with van der Waals surface area (Å²) < 4.78 is 41.7. The van der Waals surface area contributed by atoms with E-state index in [2.05, 4.69) is 18.7 Å². The number of anilines is 1. The molecule has 1 unspecified atom stereocenters. The molecule has 1 saturated heterocycles. The topological polar surface area (TPSA) is 81.2 Å². The van der Waals surface area contributed by atoms with Gasteiger partial charge in [0.1, 0.15) is 11.9 Å². The third-order valence-corrected chi connectivity index (χ3v) is 9.33. The summed E-state index contributed by atoms with van der Waals surface area (Å²) >= 11 is 0. The van der Waals surface area contributed by atoms with Crippen LogP contribution < -0.4 is 4.90 Å². The summed E-state index contributed by atoms with van der Waals surface area (Å²) in [6.07, 6.45) is 1.80. The molecule has 0 N–H and O–H groups in total. The van der Waals surface area contributed by atoms with Gasteiger partial charge >= 0.3 is 0 Å². The van der Waals surface area contributed by atoms with Gasteiger partial charge < -0.3 is 14.7 Å². The van der Waals surface area contributed by atoms with Crippen LogP contribution in [0.5, 0.6) is 0 Å². The van der Waals surface area contributed by atoms with Gasteiger partial charge in [-0.1, -0.05) is 32.0 Å². The lowest BCUT2D eigenvalue weighted by Gasteiger charge is -2.32. The molecule has 2 aliphatic rings. The molecular formula is C29H39FN4O4S. The Bertz CT molecular complexity index is 1270. The number of hydrogen-bond acceptors (Lipinski definition) is 5. The van der Waals surface area contributed by atoms with Gasteiger partial charge in [-0.05, 0) is 67.6 Å². The number of rotatable bonds is 5. The highest BCUT2D eigenvalue weighted by atomic mass is 32.2. The highest BCUT2D eigenvalue weighted by molar-refractivity contribution is 7.89. The van der Waals surface area contributed by atoms with Crippen molar-refractivity contribution in [3.63, 3.8) is 0 Å². The van der Waals surface area contributed by atoms with E-state index < -0.39 is 21.9 Å². The Hall–Kier alpha value is -2.82. The lowest BCUT2D eigenvalue weighted by atomic mass is 10.1. The van der Waals surface area contributed by atoms with Crippen LogP contribution >= 0.6 is 0 Å². The van der Waals surface area contributed by atoms with Crippen LogP contribution in [0, 0.1) is 11.7 Å². The lowest BCUT2D eigenvalue weighted by molar-refractivity contribution is -0.135. The van der Waals surface area contributed by atoms with E-state index in [4.69, 9.17) is 0 Å². The van der Waals surface area contributed by atoms with Crippen molar-refractivity contribution in [1.29, 1.82) is 0 Å². The fourth-order valence-corrected chi connectivity index (χ4v) is 7.23. The molecule has 2 aromatic rings. The molecule has 4 rings (SSSR count). The predicted octanol–water partition coefficient (Wildman–Crippen LogP) is 3.72. The molecule has 2 heterocycles. The molecule has 10 heteroatoms. The minimum absolute atomic E-state index is 0.0217. The van der Waals surface area contributed by atoms with E-state index in [0.29, 0.717) is 38.4 Å². The molecule has 0 aliphatic carbocycles. The summed E-state index contributed by atoms with van der Waals surface area (Å²) in [5.74, 6) is -0.379. The van der Waals surface area contributed by atoms with Crippen LogP contribution in [0.3, 0.4) is 0 Å². The van der Waals surface area contributed by atoms with Crippen LogP contribution in [0.15, 0.2) is 53.4 Å². The van der Waals surface area contributed by atoms with Crippen LogP contribution in [0.1, 0.15) is 45.6 Å². The first-order valence-electron chi connectivity index (χ1n) is 13.7. The van der Waals surface area contributed by atoms with Crippen LogP contribution in [0.25, 0.3) is 0 Å². The number of sulfonamides is 1. The van der Waals surface area contributed by atoms with Crippen molar-refractivity contribution in [1.82, 2.24) is 14.1 Å². The van der Waals surface area contributed by atoms with Crippen molar-refractivity contribution >= 4 is 27.5 Å². The second-order valence-electron chi connectivity index (χ2n) is 10.8. The first-order chi connectivity index (χ1) is 18.6. The molecule has 2 amide bonds. The number of para-hydroxylation sites is 1. The molecule has 8 nitrogen and oxygen atoms in total. The van der Waals surface area contributed by atoms with E-state index in [9.17, 15) is 22.4 Å². The van der Waals surface area contributed by atoms with Gasteiger partial charge in [-0.25, -0.2) is 12.8 Å². The molecule has 0 radical (unpaired) electrons. The van der Waals surface area contributed by atoms with Gasteiger partial charge in [0.2, 0.25) is 21.8 Å². The lowest BCUT2D eigenvalue weighted by Crippen LogP contribution is -2.49. The number of nitrogens with zero attached hydrogens (tertiary/aromatic N) is 4. The van der Waals surface area contributed by atoms with Crippen LogP contribution in [-0.2, 0) is 26.2 Å². The minimum Gasteiger partial charge on any atom is -0.336 e. The van der Waals surface area contributed by atoms with E-state index >= 15 is 0 Å². The minimum atomic E-state index is -3.97. The Morgan fingerprint density at radius 3 is 2.36 bits per heavy atom. The maximum atomic E-state index is 14.1. The molecule has 1 atom stereocenters. The van der Waals surface area contributed by atoms with Gasteiger partial charge in [-0.15, -0.1) is 0 Å². The molecule has 0 saturated carbocycles. The number of carbonyl (C=O) groups excluding carboxylic acids is 2. The zero-order chi connectivity index (χ0) is 28.2. The molecule has 0 bridgehead atoms. The maximum absolute atomic E-state index is 14.1. The van der Waals surface area contributed by atoms with E-state index in [-0.39, 0.29) is 29.8 Å². The zero-order valence-electron chi connectivity index (χ0n) is 23.1. The standard InChI is InChI=1S/C29H39FN4O4S/c1-22(2)20-31-15-7-16-33(23(3)35)27-9-5-4-8-24(27)21-32(19-18-31)29(36)28-10-6-17-34(28)39(37,38)26-13-11-25(30)12-14-26/h4-5,8-9,11-14,22,28H,6-7,10,15-21H2,1-3H3. The summed E-state index contributed by atoms with van der Waals surface area (Å²) in [5, 5.41) is 0. The highest BCUT2D eigenvalue weighted by Gasteiger charge is 2.41. The summed E-state index contributed by atoms with van der Waals surface area (Å²) in [7, 11) is -3.97. The monoisotopic (exact) mass is 558 g/mol. The maximum Gasteiger partial charge on any atom is 0.243 e. The number of halogens is 1. The van der Waals surface area contributed by atoms with Gasteiger partial charge in [-0.3, -0.25) is 9.59 Å². The molecule has 0 spiro atoms. The largest absolute Gasteiger partial charge is 0.336 e. The Morgan fingerprint density at radius 2 is 1.67 bits per heavy atom. The van der Waals surface area contributed by atoms with Gasteiger partial charge in [-0.2, -0.15) is 4.31 Å². The van der Waals surface area contributed by atoms with E-state index in [1.807, 2.05) is 24.3 Å². The van der Waals surface area contributed by atoms with Crippen molar-refractivity contribution in [2.45, 2.75) is 57.5 Å². The molecule has 212 valence electrons. The fourth-order valence-electron chi connectivity index (χ4n) is 5.58. The van der Waals surface area contributed by atoms with Crippen molar-refractivity contribution in [3.05, 3.63) is 59.9 Å². The van der Waals surface area contributed by atoms with Crippen LogP contribution in [0.4, 0.5) is 10.1 Å². The molecule has 1 fully saturated rings. The summed E-state index contributed by atoms with van der Waals surface area (Å²) in [4.78, 5) is 32.6. The molecule has 2 aliphatic heterocycles. The van der Waals surface area contributed by atoms with Crippen LogP contribution in [-0.4, -0.2) is 79.6 Å². The number of hydrogen-bond donors (Lipinski definition) is 0. The third-order valence-electron chi connectivity index (χ3n) is 7.41. The van der Waals surface area contributed by atoms with E-state index in [1.54, 1.807) is 16.7 Å². The Balaban J connectivity index is 1.67. The molecule has 2 aromatic carbocycles. The highest BCUT2D eigenvalue weighted by Crippen LogP contribution is 2.29. The first-order valence-corrected chi connectivity index (χ1v) is 15.2. The first kappa shape index (κ1) is 29.2. The zero-order valence-corrected chi connectivity index (χ0v) is 23.9. The summed E-state index contributed by atoms with van der Waals surface area (Å²) in [6.45, 7) is 9.72. The van der Waals surface area contributed by atoms with Crippen LogP contribution in [0.2, 0.25) is 0 Å². The molecule has 39 heavy (non-hydrogen) atoms. The summed E-state index contributed by atoms with van der Waals surface area (Å²) in [5.41, 5.74) is 1.63. The fraction of sp³-hybridized carbons (Fsp3) is 0.517. The molecular weight excluding hydrogens is 519 g/mol.